The molecule has 2 N–H and O–H groups in total. The molecule has 0 aliphatic heterocycles. The first-order chi connectivity index (χ1) is 11.2. The SMILES string of the molecule is CC12CC(CO)C(=O)CC1CCC1C2CCC2(C)C1CCC2(C)O. The molecular weight excluding hydrogens is 300 g/mol. The molecule has 24 heavy (non-hydrogen) atoms. The summed E-state index contributed by atoms with van der Waals surface area (Å²) in [6, 6.07) is 0. The zero-order valence-corrected chi connectivity index (χ0v) is 15.6. The lowest BCUT2D eigenvalue weighted by Crippen LogP contribution is -2.57. The van der Waals surface area contributed by atoms with Gasteiger partial charge in [0.05, 0.1) is 12.2 Å². The zero-order chi connectivity index (χ0) is 17.3. The van der Waals surface area contributed by atoms with Gasteiger partial charge in [0.15, 0.2) is 0 Å². The van der Waals surface area contributed by atoms with Gasteiger partial charge in [0, 0.05) is 12.3 Å². The normalized spacial score (nSPS) is 57.2. The highest BCUT2D eigenvalue weighted by molar-refractivity contribution is 5.82. The molecule has 0 aromatic carbocycles. The number of hydrogen-bond donors (Lipinski definition) is 2. The van der Waals surface area contributed by atoms with Crippen molar-refractivity contribution in [1.29, 1.82) is 0 Å². The molecule has 8 atom stereocenters. The molecule has 3 heteroatoms. The van der Waals surface area contributed by atoms with Crippen molar-refractivity contribution in [2.24, 2.45) is 40.4 Å². The number of aliphatic hydroxyl groups excluding tert-OH is 1. The fraction of sp³-hybridized carbons (Fsp3) is 0.952. The average Bonchev–Trinajstić information content (AvgIpc) is 2.77. The Morgan fingerprint density at radius 1 is 1.04 bits per heavy atom. The Bertz CT molecular complexity index is 541. The van der Waals surface area contributed by atoms with Crippen LogP contribution in [0.1, 0.15) is 72.1 Å². The zero-order valence-electron chi connectivity index (χ0n) is 15.6. The highest BCUT2D eigenvalue weighted by Crippen LogP contribution is 2.68. The molecular formula is C21H34O3. The van der Waals surface area contributed by atoms with Gasteiger partial charge in [-0.2, -0.15) is 0 Å². The molecule has 0 radical (unpaired) electrons. The van der Waals surface area contributed by atoms with Gasteiger partial charge in [-0.15, -0.1) is 0 Å². The van der Waals surface area contributed by atoms with E-state index in [0.717, 1.165) is 32.1 Å². The lowest BCUT2D eigenvalue weighted by atomic mass is 9.44. The molecule has 4 rings (SSSR count). The molecule has 4 aliphatic rings. The van der Waals surface area contributed by atoms with E-state index in [1.54, 1.807) is 0 Å². The van der Waals surface area contributed by atoms with E-state index in [0.29, 0.717) is 35.9 Å². The van der Waals surface area contributed by atoms with Crippen LogP contribution in [-0.2, 0) is 4.79 Å². The van der Waals surface area contributed by atoms with E-state index in [4.69, 9.17) is 0 Å². The van der Waals surface area contributed by atoms with Crippen molar-refractivity contribution in [1.82, 2.24) is 0 Å². The summed E-state index contributed by atoms with van der Waals surface area (Å²) in [5.41, 5.74) is -0.241. The molecule has 0 heterocycles. The smallest absolute Gasteiger partial charge is 0.138 e. The van der Waals surface area contributed by atoms with E-state index in [-0.39, 0.29) is 23.4 Å². The summed E-state index contributed by atoms with van der Waals surface area (Å²) < 4.78 is 0. The highest BCUT2D eigenvalue weighted by atomic mass is 16.3. The predicted octanol–water partition coefficient (Wildman–Crippen LogP) is 3.57. The Balaban J connectivity index is 1.65. The number of hydrogen-bond acceptors (Lipinski definition) is 3. The molecule has 0 amide bonds. The minimum Gasteiger partial charge on any atom is -0.396 e. The number of Topliss-reactive ketones (excluding diaryl/α,β-unsaturated/α-hetero) is 1. The fourth-order valence-corrected chi connectivity index (χ4v) is 7.65. The standard InChI is InChI=1S/C21H34O3/c1-19-11-13(12-22)18(23)10-14(19)4-5-15-16(19)6-8-20(2)17(15)7-9-21(20,3)24/h13-17,22,24H,4-12H2,1-3H3. The molecule has 4 saturated carbocycles. The van der Waals surface area contributed by atoms with E-state index < -0.39 is 5.60 Å². The van der Waals surface area contributed by atoms with Crippen LogP contribution in [-0.4, -0.2) is 28.2 Å². The fourth-order valence-electron chi connectivity index (χ4n) is 7.65. The van der Waals surface area contributed by atoms with E-state index in [1.807, 2.05) is 0 Å². The van der Waals surface area contributed by atoms with Crippen LogP contribution >= 0.6 is 0 Å². The summed E-state index contributed by atoms with van der Waals surface area (Å²) in [7, 11) is 0. The van der Waals surface area contributed by atoms with Crippen molar-refractivity contribution in [3.63, 3.8) is 0 Å². The summed E-state index contributed by atoms with van der Waals surface area (Å²) in [5, 5.41) is 20.6. The largest absolute Gasteiger partial charge is 0.396 e. The second kappa shape index (κ2) is 5.30. The number of aliphatic hydroxyl groups is 2. The van der Waals surface area contributed by atoms with Crippen molar-refractivity contribution in [2.45, 2.75) is 77.7 Å². The van der Waals surface area contributed by atoms with Crippen LogP contribution in [0.2, 0.25) is 0 Å². The third-order valence-corrected chi connectivity index (χ3v) is 9.44. The van der Waals surface area contributed by atoms with Gasteiger partial charge < -0.3 is 10.2 Å². The quantitative estimate of drug-likeness (QED) is 0.771. The van der Waals surface area contributed by atoms with Crippen molar-refractivity contribution in [3.8, 4) is 0 Å². The molecule has 0 aromatic heterocycles. The maximum absolute atomic E-state index is 12.3. The summed E-state index contributed by atoms with van der Waals surface area (Å²) in [6.45, 7) is 6.83. The monoisotopic (exact) mass is 334 g/mol. The van der Waals surface area contributed by atoms with Crippen LogP contribution in [0.4, 0.5) is 0 Å². The van der Waals surface area contributed by atoms with Crippen LogP contribution in [0.3, 0.4) is 0 Å². The van der Waals surface area contributed by atoms with Crippen molar-refractivity contribution < 1.29 is 15.0 Å². The average molecular weight is 335 g/mol. The summed E-state index contributed by atoms with van der Waals surface area (Å²) >= 11 is 0. The number of fused-ring (bicyclic) bond motifs is 5. The van der Waals surface area contributed by atoms with Gasteiger partial charge in [-0.25, -0.2) is 0 Å². The molecule has 136 valence electrons. The molecule has 0 saturated heterocycles. The number of carbonyl (C=O) groups excluding carboxylic acids is 1. The Hall–Kier alpha value is -0.410. The van der Waals surface area contributed by atoms with Crippen LogP contribution in [0, 0.1) is 40.4 Å². The first-order valence-corrected chi connectivity index (χ1v) is 10.1. The molecule has 3 nitrogen and oxygen atoms in total. The molecule has 0 bridgehead atoms. The van der Waals surface area contributed by atoms with E-state index >= 15 is 0 Å². The van der Waals surface area contributed by atoms with Gasteiger partial charge in [0.2, 0.25) is 0 Å². The number of carbonyl (C=O) groups is 1. The van der Waals surface area contributed by atoms with Crippen molar-refractivity contribution in [3.05, 3.63) is 0 Å². The van der Waals surface area contributed by atoms with E-state index in [2.05, 4.69) is 20.8 Å². The molecule has 0 spiro atoms. The topological polar surface area (TPSA) is 57.5 Å². The van der Waals surface area contributed by atoms with Gasteiger partial charge in [-0.1, -0.05) is 13.8 Å². The molecule has 8 unspecified atom stereocenters. The molecule has 4 aliphatic carbocycles. The maximum atomic E-state index is 12.3. The van der Waals surface area contributed by atoms with Gasteiger partial charge in [0.1, 0.15) is 5.78 Å². The number of rotatable bonds is 1. The van der Waals surface area contributed by atoms with Gasteiger partial charge >= 0.3 is 0 Å². The predicted molar refractivity (Wildman–Crippen MR) is 93.3 cm³/mol. The minimum absolute atomic E-state index is 0.0222. The number of ketones is 1. The maximum Gasteiger partial charge on any atom is 0.138 e. The summed E-state index contributed by atoms with van der Waals surface area (Å²) in [5.74, 6) is 2.68. The Labute approximate surface area is 146 Å². The van der Waals surface area contributed by atoms with Crippen LogP contribution in [0.15, 0.2) is 0 Å². The highest BCUT2D eigenvalue weighted by Gasteiger charge is 2.63. The first kappa shape index (κ1) is 17.0. The molecule has 4 fully saturated rings. The van der Waals surface area contributed by atoms with Gasteiger partial charge in [-0.05, 0) is 86.4 Å². The minimum atomic E-state index is -0.517. The Kier molecular flexibility index (Phi) is 3.76. The summed E-state index contributed by atoms with van der Waals surface area (Å²) in [6.07, 6.45) is 8.37. The van der Waals surface area contributed by atoms with Crippen LogP contribution < -0.4 is 0 Å². The van der Waals surface area contributed by atoms with Gasteiger partial charge in [0.25, 0.3) is 0 Å². The van der Waals surface area contributed by atoms with Crippen molar-refractivity contribution in [2.75, 3.05) is 6.61 Å². The third-order valence-electron chi connectivity index (χ3n) is 9.44. The lowest BCUT2D eigenvalue weighted by Gasteiger charge is -2.61. The lowest BCUT2D eigenvalue weighted by molar-refractivity contribution is -0.160. The van der Waals surface area contributed by atoms with Crippen molar-refractivity contribution >= 4 is 5.78 Å². The first-order valence-electron chi connectivity index (χ1n) is 10.1. The second-order valence-electron chi connectivity index (χ2n) is 10.2. The summed E-state index contributed by atoms with van der Waals surface area (Å²) in [4.78, 5) is 12.3. The third kappa shape index (κ3) is 2.06. The van der Waals surface area contributed by atoms with Crippen LogP contribution in [0.5, 0.6) is 0 Å². The van der Waals surface area contributed by atoms with E-state index in [9.17, 15) is 15.0 Å². The van der Waals surface area contributed by atoms with E-state index in [1.165, 1.54) is 12.8 Å². The van der Waals surface area contributed by atoms with Gasteiger partial charge in [-0.3, -0.25) is 4.79 Å². The second-order valence-corrected chi connectivity index (χ2v) is 10.2. The van der Waals surface area contributed by atoms with Crippen LogP contribution in [0.25, 0.3) is 0 Å². The molecule has 0 aromatic rings. The Morgan fingerprint density at radius 3 is 2.46 bits per heavy atom. The Morgan fingerprint density at radius 2 is 1.75 bits per heavy atom.